The van der Waals surface area contributed by atoms with Gasteiger partial charge in [0, 0.05) is 10.0 Å². The maximum Gasteiger partial charge on any atom is 0.409 e. The molecule has 5 nitrogen and oxygen atoms in total. The number of thiazole rings is 1. The van der Waals surface area contributed by atoms with Crippen LogP contribution in [0.1, 0.15) is 31.7 Å². The molecule has 0 aliphatic heterocycles. The average Bonchev–Trinajstić information content (AvgIpc) is 3.10. The van der Waals surface area contributed by atoms with E-state index in [1.165, 1.54) is 10.8 Å². The number of hydrogen-bond acceptors (Lipinski definition) is 4. The van der Waals surface area contributed by atoms with Crippen molar-refractivity contribution in [2.45, 2.75) is 37.7 Å². The van der Waals surface area contributed by atoms with Crippen molar-refractivity contribution >= 4 is 43.2 Å². The van der Waals surface area contributed by atoms with Crippen molar-refractivity contribution in [3.05, 3.63) is 39.9 Å². The second kappa shape index (κ2) is 7.26. The Kier molecular flexibility index (Phi) is 5.50. The maximum absolute atomic E-state index is 13.9. The van der Waals surface area contributed by atoms with E-state index < -0.39 is 28.0 Å². The Balaban J connectivity index is 2.19. The topological polar surface area (TPSA) is 59.3 Å². The van der Waals surface area contributed by atoms with E-state index in [9.17, 15) is 17.4 Å². The molecule has 1 N–H and O–H groups in total. The van der Waals surface area contributed by atoms with Gasteiger partial charge < -0.3 is 0 Å². The van der Waals surface area contributed by atoms with Crippen molar-refractivity contribution in [1.82, 2.24) is 19.3 Å². The van der Waals surface area contributed by atoms with Gasteiger partial charge >= 0.3 is 6.18 Å². The molecule has 2 aromatic heterocycles. The minimum absolute atomic E-state index is 0.0335. The predicted octanol–water partition coefficient (Wildman–Crippen LogP) is 4.88. The van der Waals surface area contributed by atoms with Crippen molar-refractivity contribution in [3.8, 4) is 11.3 Å². The van der Waals surface area contributed by atoms with Gasteiger partial charge in [-0.3, -0.25) is 0 Å². The van der Waals surface area contributed by atoms with E-state index in [4.69, 9.17) is 0 Å². The minimum atomic E-state index is -4.65. The summed E-state index contributed by atoms with van der Waals surface area (Å²) < 4.78 is 57.7. The van der Waals surface area contributed by atoms with Gasteiger partial charge in [0.05, 0.1) is 26.3 Å². The van der Waals surface area contributed by atoms with E-state index in [0.717, 1.165) is 15.8 Å². The van der Waals surface area contributed by atoms with Crippen LogP contribution < -0.4 is 4.72 Å². The Hall–Kier alpha value is -1.30. The molecule has 27 heavy (non-hydrogen) atoms. The molecule has 0 saturated heterocycles. The number of rotatable bonds is 4. The summed E-state index contributed by atoms with van der Waals surface area (Å²) in [6, 6.07) is 4.81. The Morgan fingerprint density at radius 1 is 1.30 bits per heavy atom. The van der Waals surface area contributed by atoms with Crippen molar-refractivity contribution in [2.24, 2.45) is 0 Å². The molecule has 0 unspecified atom stereocenters. The highest BCUT2D eigenvalue weighted by atomic mass is 79.9. The van der Waals surface area contributed by atoms with Gasteiger partial charge in [-0.2, -0.15) is 18.3 Å². The summed E-state index contributed by atoms with van der Waals surface area (Å²) >= 11 is 4.22. The molecule has 2 heterocycles. The molecule has 0 radical (unpaired) electrons. The second-order valence-corrected chi connectivity index (χ2v) is 10.7. The van der Waals surface area contributed by atoms with E-state index in [0.29, 0.717) is 10.5 Å². The van der Waals surface area contributed by atoms with E-state index >= 15 is 0 Å². The van der Waals surface area contributed by atoms with Crippen LogP contribution >= 0.6 is 27.3 Å². The zero-order valence-corrected chi connectivity index (χ0v) is 17.8. The lowest BCUT2D eigenvalue weighted by Crippen LogP contribution is -2.41. The average molecular weight is 481 g/mol. The molecule has 0 aliphatic carbocycles. The van der Waals surface area contributed by atoms with Crippen LogP contribution in [0.15, 0.2) is 35.1 Å². The zero-order valence-electron chi connectivity index (χ0n) is 14.5. The number of nitrogens with one attached hydrogen (secondary N) is 1. The number of benzene rings is 1. The first-order valence-electron chi connectivity index (χ1n) is 7.81. The van der Waals surface area contributed by atoms with Crippen LogP contribution in [-0.2, 0) is 11.0 Å². The number of nitrogens with zero attached hydrogens (tertiary/aromatic N) is 3. The summed E-state index contributed by atoms with van der Waals surface area (Å²) in [6.07, 6.45) is -3.36. The Morgan fingerprint density at radius 3 is 2.59 bits per heavy atom. The summed E-state index contributed by atoms with van der Waals surface area (Å²) in [5.41, 5.74) is 0.822. The summed E-state index contributed by atoms with van der Waals surface area (Å²) in [4.78, 5) is 4.33. The smallest absolute Gasteiger partial charge is 0.242 e. The number of hydrogen-bond donors (Lipinski definition) is 1. The number of alkyl halides is 3. The summed E-state index contributed by atoms with van der Waals surface area (Å²) in [6.45, 7) is 4.84. The third-order valence-electron chi connectivity index (χ3n) is 3.63. The predicted molar refractivity (Wildman–Crippen MR) is 104 cm³/mol. The van der Waals surface area contributed by atoms with Crippen molar-refractivity contribution in [2.75, 3.05) is 0 Å². The third kappa shape index (κ3) is 4.25. The molecule has 146 valence electrons. The van der Waals surface area contributed by atoms with Crippen LogP contribution in [0.5, 0.6) is 0 Å². The van der Waals surface area contributed by atoms with Gasteiger partial charge in [-0.05, 0) is 32.9 Å². The highest BCUT2D eigenvalue weighted by Crippen LogP contribution is 2.43. The number of aromatic nitrogens is 3. The molecule has 3 rings (SSSR count). The van der Waals surface area contributed by atoms with E-state index in [-0.39, 0.29) is 10.6 Å². The lowest BCUT2D eigenvalue weighted by Gasteiger charge is -2.25. The fourth-order valence-electron chi connectivity index (χ4n) is 2.35. The normalized spacial score (nSPS) is 15.2. The Morgan fingerprint density at radius 2 is 2.00 bits per heavy atom. The van der Waals surface area contributed by atoms with Gasteiger partial charge in [0.1, 0.15) is 6.33 Å². The van der Waals surface area contributed by atoms with Crippen molar-refractivity contribution in [3.63, 3.8) is 0 Å². The first kappa shape index (κ1) is 20.4. The molecule has 11 heteroatoms. The van der Waals surface area contributed by atoms with E-state index in [2.05, 4.69) is 30.7 Å². The maximum atomic E-state index is 13.9. The van der Waals surface area contributed by atoms with Gasteiger partial charge in [-0.1, -0.05) is 39.4 Å². The lowest BCUT2D eigenvalue weighted by molar-refractivity contribution is -0.152. The van der Waals surface area contributed by atoms with E-state index in [1.807, 2.05) is 0 Å². The van der Waals surface area contributed by atoms with E-state index in [1.54, 1.807) is 45.0 Å². The van der Waals surface area contributed by atoms with Crippen LogP contribution in [-0.4, -0.2) is 29.7 Å². The van der Waals surface area contributed by atoms with Crippen LogP contribution in [0.25, 0.3) is 16.2 Å². The van der Waals surface area contributed by atoms with Gasteiger partial charge in [-0.25, -0.2) is 18.4 Å². The van der Waals surface area contributed by atoms with Crippen LogP contribution in [0.4, 0.5) is 13.2 Å². The monoisotopic (exact) mass is 480 g/mol. The molecule has 0 bridgehead atoms. The molecule has 1 aromatic carbocycles. The number of fused-ring (bicyclic) bond motifs is 1. The molecule has 0 spiro atoms. The minimum Gasteiger partial charge on any atom is -0.242 e. The molecular formula is C16H16BrF3N4OS2. The molecule has 0 saturated carbocycles. The van der Waals surface area contributed by atoms with Gasteiger partial charge in [-0.15, -0.1) is 0 Å². The third-order valence-corrected chi connectivity index (χ3v) is 6.80. The number of halogens is 4. The molecule has 2 atom stereocenters. The molecular weight excluding hydrogens is 465 g/mol. The Labute approximate surface area is 168 Å². The van der Waals surface area contributed by atoms with Crippen LogP contribution in [0, 0.1) is 0 Å². The lowest BCUT2D eigenvalue weighted by atomic mass is 10.1. The highest BCUT2D eigenvalue weighted by molar-refractivity contribution is 9.10. The molecule has 0 fully saturated rings. The standard InChI is InChI=1S/C16H16BrF3N4OS2/c1-15(2,3)27(25)23-13(16(18,19)20)12-11(9-5-4-6-10(17)7-9)24-14(26-12)21-8-22-24/h4-8,13,23H,1-3H3/t13-,27-/m0/s1. The van der Waals surface area contributed by atoms with Crippen molar-refractivity contribution in [1.29, 1.82) is 0 Å². The van der Waals surface area contributed by atoms with Crippen LogP contribution in [0.2, 0.25) is 0 Å². The first-order chi connectivity index (χ1) is 12.5. The SMILES string of the molecule is CC(C)(C)[S@](=O)N[C@@H](c1sc2ncnn2c1-c1cccc(Br)c1)C(F)(F)F. The fraction of sp³-hybridized carbons (Fsp3) is 0.375. The largest absolute Gasteiger partial charge is 0.409 e. The van der Waals surface area contributed by atoms with Gasteiger partial charge in [0.15, 0.2) is 6.04 Å². The summed E-state index contributed by atoms with van der Waals surface area (Å²) in [5.74, 6) is 0. The quantitative estimate of drug-likeness (QED) is 0.578. The van der Waals surface area contributed by atoms with Crippen LogP contribution in [0.3, 0.4) is 0 Å². The zero-order chi connectivity index (χ0) is 20.0. The fourth-order valence-corrected chi connectivity index (χ4v) is 4.78. The second-order valence-electron chi connectivity index (χ2n) is 6.75. The summed E-state index contributed by atoms with van der Waals surface area (Å²) in [7, 11) is -1.92. The Bertz CT molecular complexity index is 994. The molecule has 0 aliphatic rings. The molecule has 0 amide bonds. The summed E-state index contributed by atoms with van der Waals surface area (Å²) in [5, 5.41) is 4.07. The van der Waals surface area contributed by atoms with Crippen molar-refractivity contribution < 1.29 is 17.4 Å². The highest BCUT2D eigenvalue weighted by Gasteiger charge is 2.46. The first-order valence-corrected chi connectivity index (χ1v) is 10.6. The molecule has 3 aromatic rings. The van der Waals surface area contributed by atoms with Gasteiger partial charge in [0.25, 0.3) is 0 Å². The van der Waals surface area contributed by atoms with Gasteiger partial charge in [0.2, 0.25) is 4.96 Å².